The molecule has 6 heteroatoms. The number of amides is 1. The molecule has 0 saturated heterocycles. The van der Waals surface area contributed by atoms with Crippen LogP contribution in [0.3, 0.4) is 0 Å². The number of nitrogens with one attached hydrogen (secondary N) is 1. The lowest BCUT2D eigenvalue weighted by Gasteiger charge is -2.22. The van der Waals surface area contributed by atoms with Gasteiger partial charge in [-0.1, -0.05) is 19.9 Å². The van der Waals surface area contributed by atoms with Crippen LogP contribution in [-0.4, -0.2) is 27.3 Å². The van der Waals surface area contributed by atoms with Gasteiger partial charge in [0.05, 0.1) is 17.8 Å². The summed E-state index contributed by atoms with van der Waals surface area (Å²) in [5, 5.41) is 19.6. The maximum Gasteiger partial charge on any atom is 0.254 e. The number of carbonyl (C=O) groups excluding carboxylic acids is 1. The standard InChI is InChI=1S/C16H23N3O2S/c1-5-19-9-12(14(18-19)11(2)3)15(20)17-10-16(4,21)13-7-6-8-22-13/h6-9,11,21H,5,10H2,1-4H3,(H,17,20). The molecule has 120 valence electrons. The third kappa shape index (κ3) is 3.56. The molecular formula is C16H23N3O2S. The molecule has 2 N–H and O–H groups in total. The van der Waals surface area contributed by atoms with Crippen LogP contribution in [0.25, 0.3) is 0 Å². The largest absolute Gasteiger partial charge is 0.383 e. The molecule has 0 radical (unpaired) electrons. The van der Waals surface area contributed by atoms with Gasteiger partial charge in [0.1, 0.15) is 5.60 Å². The second-order valence-electron chi connectivity index (χ2n) is 5.87. The van der Waals surface area contributed by atoms with Crippen molar-refractivity contribution < 1.29 is 9.90 Å². The van der Waals surface area contributed by atoms with Crippen molar-refractivity contribution in [2.24, 2.45) is 0 Å². The summed E-state index contributed by atoms with van der Waals surface area (Å²) in [5.74, 6) is -0.0217. The van der Waals surface area contributed by atoms with E-state index in [0.717, 1.165) is 17.1 Å². The zero-order valence-corrected chi connectivity index (χ0v) is 14.3. The van der Waals surface area contributed by atoms with Crippen molar-refractivity contribution in [2.45, 2.75) is 45.8 Å². The van der Waals surface area contributed by atoms with E-state index in [1.807, 2.05) is 38.3 Å². The first-order valence-electron chi connectivity index (χ1n) is 7.47. The molecule has 0 aliphatic carbocycles. The van der Waals surface area contributed by atoms with Crippen LogP contribution < -0.4 is 5.32 Å². The van der Waals surface area contributed by atoms with Gasteiger partial charge < -0.3 is 10.4 Å². The summed E-state index contributed by atoms with van der Waals surface area (Å²) >= 11 is 1.48. The van der Waals surface area contributed by atoms with E-state index in [1.54, 1.807) is 17.8 Å². The lowest BCUT2D eigenvalue weighted by molar-refractivity contribution is 0.0556. The number of hydrogen-bond donors (Lipinski definition) is 2. The van der Waals surface area contributed by atoms with Crippen molar-refractivity contribution in [1.82, 2.24) is 15.1 Å². The van der Waals surface area contributed by atoms with Crippen molar-refractivity contribution in [2.75, 3.05) is 6.54 Å². The lowest BCUT2D eigenvalue weighted by Crippen LogP contribution is -2.38. The molecule has 0 bridgehead atoms. The smallest absolute Gasteiger partial charge is 0.254 e. The van der Waals surface area contributed by atoms with Crippen LogP contribution in [-0.2, 0) is 12.1 Å². The molecule has 0 aliphatic rings. The maximum absolute atomic E-state index is 12.4. The highest BCUT2D eigenvalue weighted by Gasteiger charge is 2.26. The Morgan fingerprint density at radius 1 is 1.55 bits per heavy atom. The monoisotopic (exact) mass is 321 g/mol. The van der Waals surface area contributed by atoms with Gasteiger partial charge in [-0.3, -0.25) is 9.48 Å². The Kier molecular flexibility index (Phi) is 5.03. The van der Waals surface area contributed by atoms with E-state index in [-0.39, 0.29) is 18.4 Å². The van der Waals surface area contributed by atoms with Gasteiger partial charge in [0.25, 0.3) is 5.91 Å². The Bertz CT molecular complexity index is 630. The normalized spacial score (nSPS) is 14.1. The maximum atomic E-state index is 12.4. The summed E-state index contributed by atoms with van der Waals surface area (Å²) in [6.45, 7) is 8.61. The Balaban J connectivity index is 2.11. The van der Waals surface area contributed by atoms with Crippen LogP contribution in [0.2, 0.25) is 0 Å². The molecule has 0 aromatic carbocycles. The third-order valence-electron chi connectivity index (χ3n) is 3.55. The Morgan fingerprint density at radius 2 is 2.27 bits per heavy atom. The van der Waals surface area contributed by atoms with E-state index in [2.05, 4.69) is 10.4 Å². The van der Waals surface area contributed by atoms with Crippen molar-refractivity contribution >= 4 is 17.2 Å². The zero-order chi connectivity index (χ0) is 16.3. The van der Waals surface area contributed by atoms with Crippen molar-refractivity contribution in [1.29, 1.82) is 0 Å². The van der Waals surface area contributed by atoms with E-state index < -0.39 is 5.60 Å². The van der Waals surface area contributed by atoms with Crippen molar-refractivity contribution in [3.8, 4) is 0 Å². The average Bonchev–Trinajstić information content (AvgIpc) is 3.13. The SMILES string of the molecule is CCn1cc(C(=O)NCC(C)(O)c2cccs2)c(C(C)C)n1. The fraction of sp³-hybridized carbons (Fsp3) is 0.500. The van der Waals surface area contributed by atoms with Crippen LogP contribution in [0.5, 0.6) is 0 Å². The second kappa shape index (κ2) is 6.62. The first kappa shape index (κ1) is 16.7. The lowest BCUT2D eigenvalue weighted by atomic mass is 10.0. The molecular weight excluding hydrogens is 298 g/mol. The van der Waals surface area contributed by atoms with Gasteiger partial charge in [0, 0.05) is 17.6 Å². The van der Waals surface area contributed by atoms with Gasteiger partial charge in [-0.05, 0) is 31.2 Å². The summed E-state index contributed by atoms with van der Waals surface area (Å²) in [6.07, 6.45) is 1.77. The molecule has 2 aromatic heterocycles. The molecule has 2 aromatic rings. The predicted molar refractivity (Wildman–Crippen MR) is 88.2 cm³/mol. The second-order valence-corrected chi connectivity index (χ2v) is 6.82. The van der Waals surface area contributed by atoms with E-state index in [9.17, 15) is 9.90 Å². The number of thiophene rings is 1. The van der Waals surface area contributed by atoms with Crippen molar-refractivity contribution in [3.05, 3.63) is 39.8 Å². The summed E-state index contributed by atoms with van der Waals surface area (Å²) in [5.41, 5.74) is 0.303. The van der Waals surface area contributed by atoms with Gasteiger partial charge >= 0.3 is 0 Å². The molecule has 0 aliphatic heterocycles. The fourth-order valence-electron chi connectivity index (χ4n) is 2.22. The highest BCUT2D eigenvalue weighted by Crippen LogP contribution is 2.25. The Hall–Kier alpha value is -1.66. The fourth-order valence-corrected chi connectivity index (χ4v) is 3.01. The molecule has 22 heavy (non-hydrogen) atoms. The number of aliphatic hydroxyl groups is 1. The molecule has 2 rings (SSSR count). The number of aryl methyl sites for hydroxylation is 1. The minimum atomic E-state index is -1.07. The van der Waals surface area contributed by atoms with Gasteiger partial charge in [-0.25, -0.2) is 0 Å². The van der Waals surface area contributed by atoms with Crippen LogP contribution in [0.1, 0.15) is 54.5 Å². The minimum absolute atomic E-state index is 0.168. The Labute approximate surface area is 135 Å². The van der Waals surface area contributed by atoms with Crippen LogP contribution in [0, 0.1) is 0 Å². The zero-order valence-electron chi connectivity index (χ0n) is 13.5. The average molecular weight is 321 g/mol. The van der Waals surface area contributed by atoms with Crippen molar-refractivity contribution in [3.63, 3.8) is 0 Å². The quantitative estimate of drug-likeness (QED) is 0.859. The molecule has 5 nitrogen and oxygen atoms in total. The van der Waals surface area contributed by atoms with Crippen LogP contribution in [0.15, 0.2) is 23.7 Å². The van der Waals surface area contributed by atoms with E-state index in [4.69, 9.17) is 0 Å². The highest BCUT2D eigenvalue weighted by atomic mass is 32.1. The van der Waals surface area contributed by atoms with Gasteiger partial charge in [-0.15, -0.1) is 11.3 Å². The molecule has 0 fully saturated rings. The molecule has 0 spiro atoms. The summed E-state index contributed by atoms with van der Waals surface area (Å²) in [7, 11) is 0. The van der Waals surface area contributed by atoms with Gasteiger partial charge in [-0.2, -0.15) is 5.10 Å². The molecule has 1 atom stereocenters. The summed E-state index contributed by atoms with van der Waals surface area (Å²) in [4.78, 5) is 13.3. The number of carbonyl (C=O) groups is 1. The molecule has 1 unspecified atom stereocenters. The third-order valence-corrected chi connectivity index (χ3v) is 4.67. The van der Waals surface area contributed by atoms with Crippen LogP contribution >= 0.6 is 11.3 Å². The highest BCUT2D eigenvalue weighted by molar-refractivity contribution is 7.10. The first-order chi connectivity index (χ1) is 10.3. The summed E-state index contributed by atoms with van der Waals surface area (Å²) in [6, 6.07) is 3.75. The Morgan fingerprint density at radius 3 is 2.82 bits per heavy atom. The van der Waals surface area contributed by atoms with Gasteiger partial charge in [0.2, 0.25) is 0 Å². The van der Waals surface area contributed by atoms with E-state index in [1.165, 1.54) is 11.3 Å². The molecule has 0 saturated carbocycles. The summed E-state index contributed by atoms with van der Waals surface area (Å²) < 4.78 is 1.77. The minimum Gasteiger partial charge on any atom is -0.383 e. The number of nitrogens with zero attached hydrogens (tertiary/aromatic N) is 2. The van der Waals surface area contributed by atoms with E-state index in [0.29, 0.717) is 5.56 Å². The number of aromatic nitrogens is 2. The topological polar surface area (TPSA) is 67.2 Å². The van der Waals surface area contributed by atoms with Gasteiger partial charge in [0.15, 0.2) is 0 Å². The number of hydrogen-bond acceptors (Lipinski definition) is 4. The molecule has 1 amide bonds. The predicted octanol–water partition coefficient (Wildman–Crippen LogP) is 2.73. The first-order valence-corrected chi connectivity index (χ1v) is 8.35. The number of rotatable bonds is 6. The van der Waals surface area contributed by atoms with Crippen LogP contribution in [0.4, 0.5) is 0 Å². The molecule has 2 heterocycles. The van der Waals surface area contributed by atoms with E-state index >= 15 is 0 Å².